The van der Waals surface area contributed by atoms with E-state index in [4.69, 9.17) is 0 Å². The highest BCUT2D eigenvalue weighted by Gasteiger charge is 2.24. The normalized spacial score (nSPS) is 10.7. The number of carbonyl (C=O) groups is 1. The van der Waals surface area contributed by atoms with E-state index in [0.717, 1.165) is 41.6 Å². The van der Waals surface area contributed by atoms with Crippen molar-refractivity contribution in [2.24, 2.45) is 0 Å². The topological polar surface area (TPSA) is 78.9 Å². The number of carboxylic acids is 1. The summed E-state index contributed by atoms with van der Waals surface area (Å²) in [5, 5.41) is 9.82. The summed E-state index contributed by atoms with van der Waals surface area (Å²) in [5.74, 6) is -0.913. The fraction of sp³-hybridized carbons (Fsp3) is 0.211. The second kappa shape index (κ2) is 7.08. The zero-order valence-corrected chi connectivity index (χ0v) is 13.5. The van der Waals surface area contributed by atoms with E-state index in [1.165, 1.54) is 0 Å². The van der Waals surface area contributed by atoms with E-state index < -0.39 is 5.97 Å². The van der Waals surface area contributed by atoms with Crippen LogP contribution in [0.3, 0.4) is 0 Å². The van der Waals surface area contributed by atoms with Gasteiger partial charge in [0.05, 0.1) is 17.0 Å². The quantitative estimate of drug-likeness (QED) is 0.714. The van der Waals surface area contributed by atoms with Gasteiger partial charge in [0.15, 0.2) is 0 Å². The molecule has 0 aromatic carbocycles. The Bertz CT molecular complexity index is 827. The molecule has 3 aromatic heterocycles. The summed E-state index contributed by atoms with van der Waals surface area (Å²) in [5.41, 5.74) is 4.45. The van der Waals surface area contributed by atoms with E-state index in [-0.39, 0.29) is 0 Å². The van der Waals surface area contributed by atoms with E-state index in [2.05, 4.69) is 21.9 Å². The van der Waals surface area contributed by atoms with Crippen LogP contribution in [-0.2, 0) is 6.42 Å². The van der Waals surface area contributed by atoms with Crippen LogP contribution in [0.2, 0.25) is 0 Å². The van der Waals surface area contributed by atoms with Crippen molar-refractivity contribution >= 4 is 5.97 Å². The zero-order valence-electron chi connectivity index (χ0n) is 13.5. The number of rotatable bonds is 6. The molecule has 5 nitrogen and oxygen atoms in total. The van der Waals surface area contributed by atoms with Crippen molar-refractivity contribution in [1.82, 2.24) is 15.0 Å². The first-order chi connectivity index (χ1) is 11.7. The largest absolute Gasteiger partial charge is 0.478 e. The standard InChI is InChI=1S/C19H19N3O2/c1-2-3-4-15-16(19(23)24)18(14-7-11-21-12-8-14)22-17(15)13-5-9-20-10-6-13/h5-12,22H,2-4H2,1H3,(H,23,24). The summed E-state index contributed by atoms with van der Waals surface area (Å²) in [7, 11) is 0. The second-order valence-electron chi connectivity index (χ2n) is 5.61. The molecule has 0 bridgehead atoms. The van der Waals surface area contributed by atoms with Gasteiger partial charge in [0.1, 0.15) is 0 Å². The first kappa shape index (κ1) is 15.9. The lowest BCUT2D eigenvalue weighted by Crippen LogP contribution is -2.02. The molecular formula is C19H19N3O2. The van der Waals surface area contributed by atoms with Crippen LogP contribution in [0.1, 0.15) is 35.7 Å². The number of H-pyrrole nitrogens is 1. The maximum atomic E-state index is 12.0. The van der Waals surface area contributed by atoms with Gasteiger partial charge in [-0.25, -0.2) is 4.79 Å². The first-order valence-corrected chi connectivity index (χ1v) is 8.01. The SMILES string of the molecule is CCCCc1c(-c2ccncc2)[nH]c(-c2ccncc2)c1C(=O)O. The van der Waals surface area contributed by atoms with Gasteiger partial charge in [0.25, 0.3) is 0 Å². The maximum Gasteiger partial charge on any atom is 0.338 e. The van der Waals surface area contributed by atoms with Crippen LogP contribution in [0.5, 0.6) is 0 Å². The average Bonchev–Trinajstić information content (AvgIpc) is 3.01. The number of nitrogens with one attached hydrogen (secondary N) is 1. The number of carboxylic acid groups (broad SMARTS) is 1. The molecule has 0 aliphatic carbocycles. The molecule has 0 fully saturated rings. The zero-order chi connectivity index (χ0) is 16.9. The van der Waals surface area contributed by atoms with Gasteiger partial charge >= 0.3 is 5.97 Å². The molecule has 3 rings (SSSR count). The highest BCUT2D eigenvalue weighted by atomic mass is 16.4. The Balaban J connectivity index is 2.23. The predicted octanol–water partition coefficient (Wildman–Crippen LogP) is 4.18. The number of hydrogen-bond donors (Lipinski definition) is 2. The smallest absolute Gasteiger partial charge is 0.338 e. The molecule has 24 heavy (non-hydrogen) atoms. The molecule has 0 saturated heterocycles. The number of nitrogens with zero attached hydrogens (tertiary/aromatic N) is 2. The molecule has 3 heterocycles. The van der Waals surface area contributed by atoms with Gasteiger partial charge in [-0.1, -0.05) is 13.3 Å². The van der Waals surface area contributed by atoms with Gasteiger partial charge in [0, 0.05) is 35.9 Å². The van der Waals surface area contributed by atoms with Crippen molar-refractivity contribution < 1.29 is 9.90 Å². The highest BCUT2D eigenvalue weighted by molar-refractivity contribution is 5.99. The van der Waals surface area contributed by atoms with Crippen LogP contribution in [0.25, 0.3) is 22.5 Å². The maximum absolute atomic E-state index is 12.0. The van der Waals surface area contributed by atoms with Crippen LogP contribution in [-0.4, -0.2) is 26.0 Å². The van der Waals surface area contributed by atoms with Crippen molar-refractivity contribution in [2.45, 2.75) is 26.2 Å². The third-order valence-corrected chi connectivity index (χ3v) is 4.04. The minimum Gasteiger partial charge on any atom is -0.478 e. The van der Waals surface area contributed by atoms with Crippen LogP contribution in [0, 0.1) is 0 Å². The number of aromatic carboxylic acids is 1. The molecule has 122 valence electrons. The molecule has 0 spiro atoms. The number of aromatic amines is 1. The van der Waals surface area contributed by atoms with Gasteiger partial charge in [-0.05, 0) is 42.7 Å². The summed E-state index contributed by atoms with van der Waals surface area (Å²) in [4.78, 5) is 23.4. The van der Waals surface area contributed by atoms with Crippen LogP contribution < -0.4 is 0 Å². The molecule has 0 aliphatic heterocycles. The van der Waals surface area contributed by atoms with E-state index in [9.17, 15) is 9.90 Å². The molecule has 0 unspecified atom stereocenters. The lowest BCUT2D eigenvalue weighted by molar-refractivity contribution is 0.0697. The second-order valence-corrected chi connectivity index (χ2v) is 5.61. The Morgan fingerprint density at radius 3 is 2.04 bits per heavy atom. The summed E-state index contributed by atoms with van der Waals surface area (Å²) in [6, 6.07) is 7.42. The van der Waals surface area contributed by atoms with E-state index in [0.29, 0.717) is 11.3 Å². The van der Waals surface area contributed by atoms with Crippen LogP contribution in [0.4, 0.5) is 0 Å². The van der Waals surface area contributed by atoms with Crippen molar-refractivity contribution in [3.8, 4) is 22.5 Å². The number of pyridine rings is 2. The van der Waals surface area contributed by atoms with Crippen molar-refractivity contribution in [1.29, 1.82) is 0 Å². The molecule has 5 heteroatoms. The molecule has 0 radical (unpaired) electrons. The highest BCUT2D eigenvalue weighted by Crippen LogP contribution is 2.34. The Morgan fingerprint density at radius 1 is 1.00 bits per heavy atom. The van der Waals surface area contributed by atoms with Gasteiger partial charge in [-0.3, -0.25) is 9.97 Å². The Kier molecular flexibility index (Phi) is 4.70. The fourth-order valence-electron chi connectivity index (χ4n) is 2.88. The van der Waals surface area contributed by atoms with Crippen LogP contribution in [0.15, 0.2) is 49.1 Å². The molecule has 0 atom stereocenters. The van der Waals surface area contributed by atoms with Crippen molar-refractivity contribution in [3.63, 3.8) is 0 Å². The van der Waals surface area contributed by atoms with E-state index in [1.54, 1.807) is 24.8 Å². The number of unbranched alkanes of at least 4 members (excludes halogenated alkanes) is 1. The number of hydrogen-bond acceptors (Lipinski definition) is 3. The minimum atomic E-state index is -0.913. The molecular weight excluding hydrogens is 302 g/mol. The minimum absolute atomic E-state index is 0.349. The predicted molar refractivity (Wildman–Crippen MR) is 92.8 cm³/mol. The Hall–Kier alpha value is -2.95. The van der Waals surface area contributed by atoms with E-state index >= 15 is 0 Å². The molecule has 2 N–H and O–H groups in total. The third kappa shape index (κ3) is 3.06. The summed E-state index contributed by atoms with van der Waals surface area (Å²) in [6.07, 6.45) is 9.42. The third-order valence-electron chi connectivity index (χ3n) is 4.04. The summed E-state index contributed by atoms with van der Waals surface area (Å²) < 4.78 is 0. The molecule has 0 amide bonds. The van der Waals surface area contributed by atoms with Gasteiger partial charge in [-0.2, -0.15) is 0 Å². The van der Waals surface area contributed by atoms with Crippen LogP contribution >= 0.6 is 0 Å². The molecule has 3 aromatic rings. The summed E-state index contributed by atoms with van der Waals surface area (Å²) >= 11 is 0. The summed E-state index contributed by atoms with van der Waals surface area (Å²) in [6.45, 7) is 2.10. The first-order valence-electron chi connectivity index (χ1n) is 8.01. The average molecular weight is 321 g/mol. The Morgan fingerprint density at radius 2 is 1.54 bits per heavy atom. The van der Waals surface area contributed by atoms with Gasteiger partial charge in [0.2, 0.25) is 0 Å². The lowest BCUT2D eigenvalue weighted by Gasteiger charge is -2.05. The monoisotopic (exact) mass is 321 g/mol. The molecule has 0 saturated carbocycles. The lowest BCUT2D eigenvalue weighted by atomic mass is 9.98. The molecule has 0 aliphatic rings. The number of aromatic nitrogens is 3. The van der Waals surface area contributed by atoms with Crippen molar-refractivity contribution in [3.05, 3.63) is 60.2 Å². The van der Waals surface area contributed by atoms with Gasteiger partial charge in [-0.15, -0.1) is 0 Å². The van der Waals surface area contributed by atoms with Crippen molar-refractivity contribution in [2.75, 3.05) is 0 Å². The Labute approximate surface area is 140 Å². The fourth-order valence-corrected chi connectivity index (χ4v) is 2.88. The van der Waals surface area contributed by atoms with E-state index in [1.807, 2.05) is 24.3 Å². The van der Waals surface area contributed by atoms with Gasteiger partial charge < -0.3 is 10.1 Å².